The number of rotatable bonds is 8. The predicted octanol–water partition coefficient (Wildman–Crippen LogP) is 3.62. The van der Waals surface area contributed by atoms with Gasteiger partial charge >= 0.3 is 0 Å². The van der Waals surface area contributed by atoms with Crippen LogP contribution in [0.4, 0.5) is 0 Å². The van der Waals surface area contributed by atoms with Crippen LogP contribution in [0, 0.1) is 0 Å². The van der Waals surface area contributed by atoms with Crippen LogP contribution >= 0.6 is 31.9 Å². The maximum Gasteiger partial charge on any atom is 0.264 e. The van der Waals surface area contributed by atoms with Gasteiger partial charge in [-0.1, -0.05) is 44.0 Å². The van der Waals surface area contributed by atoms with Crippen LogP contribution in [-0.4, -0.2) is 46.2 Å². The summed E-state index contributed by atoms with van der Waals surface area (Å²) < 4.78 is 38.0. The van der Waals surface area contributed by atoms with E-state index in [1.807, 2.05) is 36.4 Å². The Morgan fingerprint density at radius 3 is 1.81 bits per heavy atom. The first-order chi connectivity index (χ1) is 12.3. The molecule has 2 rings (SSSR count). The first kappa shape index (κ1) is 22.9. The molecule has 2 aromatic carbocycles. The van der Waals surface area contributed by atoms with Crippen LogP contribution < -0.4 is 9.47 Å². The molecule has 144 valence electrons. The van der Waals surface area contributed by atoms with Crippen molar-refractivity contribution in [3.05, 3.63) is 57.5 Å². The molecule has 0 amide bonds. The number of benzene rings is 2. The van der Waals surface area contributed by atoms with Crippen LogP contribution in [-0.2, 0) is 14.3 Å². The van der Waals surface area contributed by atoms with Gasteiger partial charge in [0.1, 0.15) is 31.3 Å². The molecule has 2 aromatic rings. The van der Waals surface area contributed by atoms with E-state index in [1.165, 1.54) is 0 Å². The summed E-state index contributed by atoms with van der Waals surface area (Å²) in [5.74, 6) is 1.44. The summed E-state index contributed by atoms with van der Waals surface area (Å²) in [6.45, 7) is 0.609. The molecule has 0 atom stereocenters. The zero-order valence-electron chi connectivity index (χ0n) is 14.1. The highest BCUT2D eigenvalue weighted by Gasteiger charge is 2.01. The molecule has 0 aliphatic carbocycles. The van der Waals surface area contributed by atoms with Crippen LogP contribution in [0.3, 0.4) is 0 Å². The number of halogens is 2. The summed E-state index contributed by atoms with van der Waals surface area (Å²) in [4.78, 5) is 0. The lowest BCUT2D eigenvalue weighted by Gasteiger charge is -2.05. The largest absolute Gasteiger partial charge is 0.491 e. The SMILES string of the molecule is CS(=O)(=O)OCCOc1cccc(Br)c1.OCCOc1cccc(Br)c1. The second-order valence-corrected chi connectivity index (χ2v) is 8.34. The van der Waals surface area contributed by atoms with E-state index in [-0.39, 0.29) is 19.8 Å². The molecule has 0 unspecified atom stereocenters. The van der Waals surface area contributed by atoms with E-state index in [0.29, 0.717) is 12.4 Å². The molecule has 0 spiro atoms. The van der Waals surface area contributed by atoms with E-state index in [0.717, 1.165) is 21.0 Å². The highest BCUT2D eigenvalue weighted by molar-refractivity contribution is 9.10. The van der Waals surface area contributed by atoms with E-state index < -0.39 is 10.1 Å². The van der Waals surface area contributed by atoms with Gasteiger partial charge in [0.15, 0.2) is 0 Å². The van der Waals surface area contributed by atoms with Crippen LogP contribution in [0.25, 0.3) is 0 Å². The van der Waals surface area contributed by atoms with Gasteiger partial charge in [-0.15, -0.1) is 0 Å². The molecule has 0 heterocycles. The Morgan fingerprint density at radius 1 is 0.885 bits per heavy atom. The lowest BCUT2D eigenvalue weighted by atomic mass is 10.3. The third-order valence-corrected chi connectivity index (χ3v) is 4.18. The van der Waals surface area contributed by atoms with Crippen molar-refractivity contribution in [2.45, 2.75) is 0 Å². The Labute approximate surface area is 170 Å². The number of aliphatic hydroxyl groups is 1. The molecule has 0 aliphatic rings. The number of hydrogen-bond donors (Lipinski definition) is 1. The van der Waals surface area contributed by atoms with Crippen molar-refractivity contribution in [3.63, 3.8) is 0 Å². The Hall–Kier alpha value is -1.13. The Bertz CT molecular complexity index is 767. The molecule has 26 heavy (non-hydrogen) atoms. The first-order valence-electron chi connectivity index (χ1n) is 7.52. The molecular weight excluding hydrogens is 492 g/mol. The molecule has 0 aliphatic heterocycles. The van der Waals surface area contributed by atoms with Crippen molar-refractivity contribution in [2.24, 2.45) is 0 Å². The van der Waals surface area contributed by atoms with E-state index >= 15 is 0 Å². The van der Waals surface area contributed by atoms with Crippen molar-refractivity contribution in [3.8, 4) is 11.5 Å². The minimum absolute atomic E-state index is 0.0192. The van der Waals surface area contributed by atoms with Crippen LogP contribution in [0.1, 0.15) is 0 Å². The quantitative estimate of drug-likeness (QED) is 0.430. The summed E-state index contributed by atoms with van der Waals surface area (Å²) in [7, 11) is -3.38. The van der Waals surface area contributed by atoms with Gasteiger partial charge in [-0.05, 0) is 36.4 Å². The van der Waals surface area contributed by atoms with Gasteiger partial charge in [0.05, 0.1) is 12.9 Å². The van der Waals surface area contributed by atoms with E-state index in [9.17, 15) is 8.42 Å². The third-order valence-electron chi connectivity index (χ3n) is 2.60. The van der Waals surface area contributed by atoms with E-state index in [4.69, 9.17) is 14.6 Å². The molecule has 1 N–H and O–H groups in total. The van der Waals surface area contributed by atoms with Gasteiger partial charge < -0.3 is 14.6 Å². The molecule has 0 radical (unpaired) electrons. The second-order valence-electron chi connectivity index (χ2n) is 4.86. The van der Waals surface area contributed by atoms with E-state index in [1.54, 1.807) is 12.1 Å². The molecule has 0 saturated carbocycles. The third kappa shape index (κ3) is 11.5. The summed E-state index contributed by atoms with van der Waals surface area (Å²) in [5, 5.41) is 8.46. The monoisotopic (exact) mass is 510 g/mol. The smallest absolute Gasteiger partial charge is 0.264 e. The predicted molar refractivity (Wildman–Crippen MR) is 107 cm³/mol. The van der Waals surface area contributed by atoms with Crippen molar-refractivity contribution < 1.29 is 27.2 Å². The summed E-state index contributed by atoms with van der Waals surface area (Å²) in [5.41, 5.74) is 0. The molecule has 9 heteroatoms. The lowest BCUT2D eigenvalue weighted by Crippen LogP contribution is -2.11. The second kappa shape index (κ2) is 12.3. The number of ether oxygens (including phenoxy) is 2. The summed E-state index contributed by atoms with van der Waals surface area (Å²) in [6, 6.07) is 14.8. The number of hydrogen-bond acceptors (Lipinski definition) is 6. The standard InChI is InChI=1S/C9H11BrO4S.C8H9BrO2/c1-15(11,12)14-6-5-13-9-4-2-3-8(10)7-9;9-7-2-1-3-8(6-7)11-5-4-10/h2-4,7H,5-6H2,1H3;1-3,6,10H,4-5H2. The molecule has 0 saturated heterocycles. The van der Waals surface area contributed by atoms with E-state index in [2.05, 4.69) is 36.0 Å². The Kier molecular flexibility index (Phi) is 10.8. The van der Waals surface area contributed by atoms with Gasteiger partial charge in [-0.3, -0.25) is 4.18 Å². The minimum atomic E-state index is -3.38. The summed E-state index contributed by atoms with van der Waals surface area (Å²) in [6.07, 6.45) is 1.01. The highest BCUT2D eigenvalue weighted by Crippen LogP contribution is 2.18. The van der Waals surface area contributed by atoms with Crippen LogP contribution in [0.5, 0.6) is 11.5 Å². The minimum Gasteiger partial charge on any atom is -0.491 e. The molecule has 0 aromatic heterocycles. The normalized spacial score (nSPS) is 10.6. The maximum absolute atomic E-state index is 10.6. The zero-order valence-corrected chi connectivity index (χ0v) is 18.1. The topological polar surface area (TPSA) is 82.1 Å². The Balaban J connectivity index is 0.000000273. The van der Waals surface area contributed by atoms with Gasteiger partial charge in [0.2, 0.25) is 0 Å². The van der Waals surface area contributed by atoms with Gasteiger partial charge in [-0.2, -0.15) is 8.42 Å². The fourth-order valence-corrected chi connectivity index (χ4v) is 2.75. The van der Waals surface area contributed by atoms with Gasteiger partial charge in [0.25, 0.3) is 10.1 Å². The maximum atomic E-state index is 10.6. The van der Waals surface area contributed by atoms with Gasteiger partial charge in [-0.25, -0.2) is 0 Å². The van der Waals surface area contributed by atoms with Crippen molar-refractivity contribution in [1.82, 2.24) is 0 Å². The molecule has 6 nitrogen and oxygen atoms in total. The average molecular weight is 512 g/mol. The van der Waals surface area contributed by atoms with Crippen LogP contribution in [0.2, 0.25) is 0 Å². The molecule has 0 bridgehead atoms. The van der Waals surface area contributed by atoms with Gasteiger partial charge in [0, 0.05) is 8.95 Å². The fraction of sp³-hybridized carbons (Fsp3) is 0.294. The van der Waals surface area contributed by atoms with Crippen molar-refractivity contribution in [1.29, 1.82) is 0 Å². The molecular formula is C17H20Br2O6S. The lowest BCUT2D eigenvalue weighted by molar-refractivity contribution is 0.201. The van der Waals surface area contributed by atoms with Crippen LogP contribution in [0.15, 0.2) is 57.5 Å². The Morgan fingerprint density at radius 2 is 1.38 bits per heavy atom. The highest BCUT2D eigenvalue weighted by atomic mass is 79.9. The summed E-state index contributed by atoms with van der Waals surface area (Å²) >= 11 is 6.61. The van der Waals surface area contributed by atoms with Crippen molar-refractivity contribution >= 4 is 42.0 Å². The first-order valence-corrected chi connectivity index (χ1v) is 10.9. The molecule has 0 fully saturated rings. The number of aliphatic hydroxyl groups excluding tert-OH is 1. The fourth-order valence-electron chi connectivity index (χ4n) is 1.62. The van der Waals surface area contributed by atoms with Crippen molar-refractivity contribution in [2.75, 3.05) is 32.7 Å². The average Bonchev–Trinajstić information content (AvgIpc) is 2.57. The zero-order chi connectivity index (χ0) is 19.4.